The third-order valence-corrected chi connectivity index (χ3v) is 7.41. The number of thiophene rings is 1. The summed E-state index contributed by atoms with van der Waals surface area (Å²) in [5, 5.41) is 8.69. The van der Waals surface area contributed by atoms with Crippen LogP contribution in [0, 0.1) is 12.7 Å². The first-order valence-corrected chi connectivity index (χ1v) is 12.7. The molecule has 0 radical (unpaired) electrons. The Balaban J connectivity index is 1.73. The molecule has 0 spiro atoms. The van der Waals surface area contributed by atoms with Gasteiger partial charge in [-0.15, -0.1) is 22.7 Å². The maximum absolute atomic E-state index is 14.4. The quantitative estimate of drug-likeness (QED) is 0.283. The molecule has 176 valence electrons. The number of rotatable bonds is 5. The SMILES string of the molecule is CC(=Nn1c(-c2cccs2)csc1=Nc1c(C)n(C)n(-c2ccccc2)c1=O)c1ccccc1F. The monoisotopic (exact) mass is 503 g/mol. The summed E-state index contributed by atoms with van der Waals surface area (Å²) in [6, 6.07) is 20.0. The molecule has 3 aromatic heterocycles. The zero-order valence-corrected chi connectivity index (χ0v) is 21.0. The van der Waals surface area contributed by atoms with E-state index in [1.54, 1.807) is 50.5 Å². The lowest BCUT2D eigenvalue weighted by Crippen LogP contribution is -2.20. The van der Waals surface area contributed by atoms with Gasteiger partial charge in [0.05, 0.1) is 27.7 Å². The van der Waals surface area contributed by atoms with Crippen LogP contribution in [0.1, 0.15) is 18.2 Å². The fourth-order valence-corrected chi connectivity index (χ4v) is 5.43. The van der Waals surface area contributed by atoms with E-state index in [4.69, 9.17) is 10.1 Å². The van der Waals surface area contributed by atoms with Gasteiger partial charge in [-0.05, 0) is 43.5 Å². The maximum Gasteiger partial charge on any atom is 0.297 e. The standard InChI is InChI=1S/C26H22FN5OS2/c1-17(20-12-7-8-13-21(20)27)29-31-22(23-14-9-15-34-23)16-35-26(31)28-24-18(2)30(3)32(25(24)33)19-10-5-4-6-11-19/h4-16H,1-3H3. The molecule has 2 aromatic carbocycles. The van der Waals surface area contributed by atoms with Gasteiger partial charge < -0.3 is 0 Å². The number of thiazole rings is 1. The van der Waals surface area contributed by atoms with Gasteiger partial charge in [0.2, 0.25) is 4.80 Å². The van der Waals surface area contributed by atoms with Crippen molar-refractivity contribution in [3.63, 3.8) is 0 Å². The van der Waals surface area contributed by atoms with Gasteiger partial charge >= 0.3 is 0 Å². The molecule has 0 bridgehead atoms. The molecular formula is C26H22FN5OS2. The van der Waals surface area contributed by atoms with Crippen LogP contribution in [-0.4, -0.2) is 19.8 Å². The van der Waals surface area contributed by atoms with Gasteiger partial charge in [0.25, 0.3) is 5.56 Å². The summed E-state index contributed by atoms with van der Waals surface area (Å²) >= 11 is 2.96. The maximum atomic E-state index is 14.4. The van der Waals surface area contributed by atoms with E-state index in [2.05, 4.69) is 0 Å². The number of halogens is 1. The van der Waals surface area contributed by atoms with Crippen LogP contribution < -0.4 is 10.4 Å². The topological polar surface area (TPSA) is 56.6 Å². The van der Waals surface area contributed by atoms with Gasteiger partial charge in [-0.1, -0.05) is 42.5 Å². The first kappa shape index (κ1) is 22.9. The van der Waals surface area contributed by atoms with Gasteiger partial charge in [0.15, 0.2) is 5.69 Å². The van der Waals surface area contributed by atoms with E-state index >= 15 is 0 Å². The second-order valence-corrected chi connectivity index (χ2v) is 9.66. The van der Waals surface area contributed by atoms with Crippen molar-refractivity contribution in [1.29, 1.82) is 0 Å². The third kappa shape index (κ3) is 4.24. The van der Waals surface area contributed by atoms with Crippen LogP contribution in [0.5, 0.6) is 0 Å². The lowest BCUT2D eigenvalue weighted by Gasteiger charge is -2.07. The Bertz CT molecular complexity index is 1650. The van der Waals surface area contributed by atoms with Crippen LogP contribution in [0.4, 0.5) is 10.1 Å². The molecule has 5 rings (SSSR count). The molecule has 0 aliphatic heterocycles. The van der Waals surface area contributed by atoms with Crippen molar-refractivity contribution < 1.29 is 4.39 Å². The van der Waals surface area contributed by atoms with Gasteiger partial charge in [-0.25, -0.2) is 18.7 Å². The highest BCUT2D eigenvalue weighted by Gasteiger charge is 2.17. The average molecular weight is 504 g/mol. The number of benzene rings is 2. The number of nitrogens with zero attached hydrogens (tertiary/aromatic N) is 5. The molecular weight excluding hydrogens is 481 g/mol. The fourth-order valence-electron chi connectivity index (χ4n) is 3.81. The van der Waals surface area contributed by atoms with Crippen LogP contribution in [0.2, 0.25) is 0 Å². The van der Waals surface area contributed by atoms with Crippen molar-refractivity contribution in [2.24, 2.45) is 17.1 Å². The number of hydrogen-bond acceptors (Lipinski definition) is 5. The summed E-state index contributed by atoms with van der Waals surface area (Å²) in [5.41, 5.74) is 3.36. The molecule has 0 saturated carbocycles. The molecule has 0 aliphatic carbocycles. The van der Waals surface area contributed by atoms with Crippen LogP contribution in [-0.2, 0) is 7.05 Å². The van der Waals surface area contributed by atoms with E-state index in [1.807, 2.05) is 67.2 Å². The molecule has 6 nitrogen and oxygen atoms in total. The van der Waals surface area contributed by atoms with Crippen molar-refractivity contribution in [2.75, 3.05) is 0 Å². The molecule has 0 unspecified atom stereocenters. The molecule has 0 atom stereocenters. The van der Waals surface area contributed by atoms with E-state index in [0.29, 0.717) is 21.8 Å². The van der Waals surface area contributed by atoms with Gasteiger partial charge in [-0.2, -0.15) is 5.10 Å². The van der Waals surface area contributed by atoms with E-state index in [0.717, 1.165) is 22.0 Å². The van der Waals surface area contributed by atoms with Gasteiger partial charge in [-0.3, -0.25) is 9.48 Å². The summed E-state index contributed by atoms with van der Waals surface area (Å²) in [6.45, 7) is 3.63. The lowest BCUT2D eigenvalue weighted by atomic mass is 10.1. The molecule has 0 N–H and O–H groups in total. The highest BCUT2D eigenvalue weighted by Crippen LogP contribution is 2.26. The van der Waals surface area contributed by atoms with Crippen LogP contribution in [0.3, 0.4) is 0 Å². The number of hydrogen-bond donors (Lipinski definition) is 0. The Morgan fingerprint density at radius 1 is 0.971 bits per heavy atom. The highest BCUT2D eigenvalue weighted by molar-refractivity contribution is 7.14. The number of para-hydroxylation sites is 1. The molecule has 0 amide bonds. The average Bonchev–Trinajstić information content (AvgIpc) is 3.57. The second-order valence-electron chi connectivity index (χ2n) is 7.88. The molecule has 0 saturated heterocycles. The number of aromatic nitrogens is 3. The van der Waals surface area contributed by atoms with Gasteiger partial charge in [0.1, 0.15) is 5.82 Å². The predicted octanol–water partition coefficient (Wildman–Crippen LogP) is 5.72. The Kier molecular flexibility index (Phi) is 6.19. The molecule has 3 heterocycles. The van der Waals surface area contributed by atoms with Crippen LogP contribution in [0.25, 0.3) is 16.3 Å². The van der Waals surface area contributed by atoms with Crippen LogP contribution in [0.15, 0.2) is 92.4 Å². The minimum atomic E-state index is -0.342. The summed E-state index contributed by atoms with van der Waals surface area (Å²) in [6.07, 6.45) is 0. The highest BCUT2D eigenvalue weighted by atomic mass is 32.1. The largest absolute Gasteiger partial charge is 0.297 e. The third-order valence-electron chi connectivity index (χ3n) is 5.70. The Morgan fingerprint density at radius 3 is 2.43 bits per heavy atom. The zero-order valence-electron chi connectivity index (χ0n) is 19.3. The van der Waals surface area contributed by atoms with Gasteiger partial charge in [0, 0.05) is 18.0 Å². The Hall–Kier alpha value is -3.82. The fraction of sp³-hybridized carbons (Fsp3) is 0.115. The van der Waals surface area contributed by atoms with Crippen molar-refractivity contribution in [3.8, 4) is 16.3 Å². The first-order valence-electron chi connectivity index (χ1n) is 10.9. The zero-order chi connectivity index (χ0) is 24.5. The Morgan fingerprint density at radius 2 is 1.71 bits per heavy atom. The minimum Gasteiger partial charge on any atom is -0.283 e. The normalized spacial score (nSPS) is 12.5. The molecule has 0 fully saturated rings. The van der Waals surface area contributed by atoms with E-state index in [9.17, 15) is 9.18 Å². The summed E-state index contributed by atoms with van der Waals surface area (Å²) in [7, 11) is 1.84. The van der Waals surface area contributed by atoms with Crippen LogP contribution >= 0.6 is 22.7 Å². The summed E-state index contributed by atoms with van der Waals surface area (Å²) in [4.78, 5) is 19.7. The van der Waals surface area contributed by atoms with E-state index < -0.39 is 0 Å². The van der Waals surface area contributed by atoms with E-state index in [-0.39, 0.29) is 11.4 Å². The first-order chi connectivity index (χ1) is 17.0. The molecule has 35 heavy (non-hydrogen) atoms. The summed E-state index contributed by atoms with van der Waals surface area (Å²) in [5.74, 6) is -0.342. The molecule has 0 aliphatic rings. The van der Waals surface area contributed by atoms with Crippen molar-refractivity contribution >= 4 is 34.1 Å². The molecule has 5 aromatic rings. The lowest BCUT2D eigenvalue weighted by molar-refractivity contribution is 0.624. The minimum absolute atomic E-state index is 0.219. The molecule has 9 heteroatoms. The Labute approximate surface area is 209 Å². The second kappa shape index (κ2) is 9.44. The summed E-state index contributed by atoms with van der Waals surface area (Å²) < 4.78 is 19.5. The predicted molar refractivity (Wildman–Crippen MR) is 141 cm³/mol. The van der Waals surface area contributed by atoms with Crippen molar-refractivity contribution in [3.05, 3.63) is 110 Å². The van der Waals surface area contributed by atoms with E-state index in [1.165, 1.54) is 17.4 Å². The van der Waals surface area contributed by atoms with Crippen molar-refractivity contribution in [1.82, 2.24) is 14.0 Å². The van der Waals surface area contributed by atoms with Crippen molar-refractivity contribution in [2.45, 2.75) is 13.8 Å². The smallest absolute Gasteiger partial charge is 0.283 e.